The van der Waals surface area contributed by atoms with Crippen molar-refractivity contribution in [2.75, 3.05) is 13.1 Å². The van der Waals surface area contributed by atoms with E-state index in [-0.39, 0.29) is 52.5 Å². The number of aryl methyl sites for hydroxylation is 1. The van der Waals surface area contributed by atoms with E-state index in [1.54, 1.807) is 11.0 Å². The van der Waals surface area contributed by atoms with Gasteiger partial charge in [0.25, 0.3) is 5.91 Å². The van der Waals surface area contributed by atoms with Crippen molar-refractivity contribution in [3.8, 4) is 6.07 Å². The fourth-order valence-electron chi connectivity index (χ4n) is 7.87. The Morgan fingerprint density at radius 1 is 1.19 bits per heavy atom. The summed E-state index contributed by atoms with van der Waals surface area (Å²) in [5.74, 6) is 0.631. The number of hydrogen-bond acceptors (Lipinski definition) is 5. The number of allylic oxidation sites excluding steroid dienone is 1. The van der Waals surface area contributed by atoms with Gasteiger partial charge in [-0.3, -0.25) is 4.79 Å². The lowest BCUT2D eigenvalue weighted by atomic mass is 9.43. The lowest BCUT2D eigenvalue weighted by molar-refractivity contribution is -0.199. The number of amides is 3. The lowest BCUT2D eigenvalue weighted by Crippen LogP contribution is -2.65. The monoisotopic (exact) mass is 574 g/mol. The van der Waals surface area contributed by atoms with Crippen molar-refractivity contribution in [1.29, 1.82) is 5.26 Å². The van der Waals surface area contributed by atoms with Crippen LogP contribution in [0.4, 0.5) is 4.79 Å². The highest BCUT2D eigenvalue weighted by molar-refractivity contribution is 6.47. The first-order chi connectivity index (χ1) is 20.0. The Morgan fingerprint density at radius 3 is 2.64 bits per heavy atom. The fourth-order valence-corrected chi connectivity index (χ4v) is 7.87. The molecule has 2 bridgehead atoms. The zero-order valence-electron chi connectivity index (χ0n) is 25.9. The smallest absolute Gasteiger partial charge is 0.404 e. The van der Waals surface area contributed by atoms with Gasteiger partial charge in [0, 0.05) is 19.1 Å². The first-order valence-electron chi connectivity index (χ1n) is 15.9. The Morgan fingerprint density at radius 2 is 1.95 bits per heavy atom. The third-order valence-electron chi connectivity index (χ3n) is 10.4. The Hall–Kier alpha value is -2.83. The molecule has 2 heterocycles. The molecule has 226 valence electrons. The minimum absolute atomic E-state index is 0.0402. The molecule has 0 aromatic heterocycles. The summed E-state index contributed by atoms with van der Waals surface area (Å²) in [7, 11) is -0.517. The first kappa shape index (κ1) is 30.6. The van der Waals surface area contributed by atoms with E-state index in [9.17, 15) is 14.9 Å². The molecule has 2 saturated heterocycles. The van der Waals surface area contributed by atoms with Crippen molar-refractivity contribution in [2.24, 2.45) is 23.2 Å². The Kier molecular flexibility index (Phi) is 9.06. The molecule has 3 aliphatic carbocycles. The van der Waals surface area contributed by atoms with Crippen LogP contribution in [0.25, 0.3) is 0 Å². The van der Waals surface area contributed by atoms with Crippen LogP contribution in [0.15, 0.2) is 42.0 Å². The molecule has 1 aromatic carbocycles. The molecule has 6 atom stereocenters. The van der Waals surface area contributed by atoms with Gasteiger partial charge in [-0.2, -0.15) is 5.26 Å². The number of likely N-dealkylation sites (tertiary alicyclic amines) is 1. The van der Waals surface area contributed by atoms with Crippen molar-refractivity contribution in [1.82, 2.24) is 15.5 Å². The topological polar surface area (TPSA) is 104 Å². The van der Waals surface area contributed by atoms with Crippen LogP contribution in [0.3, 0.4) is 0 Å². The molecule has 0 unspecified atom stereocenters. The Balaban J connectivity index is 1.24. The molecule has 2 N–H and O–H groups in total. The second kappa shape index (κ2) is 12.4. The average Bonchev–Trinajstić information content (AvgIpc) is 3.34. The standard InChI is InChI=1S/C33H47BN4O4/c1-22(2)17-24(20-35)30(39)38-16-10-9-13-26(38)21-36-31(40)37-29(15-14-23-11-7-6-8-12-23)34-41-28-19-25-18-27(32(25,3)4)33(28,5)42-34/h6-8,11-12,17,22,25-29H,9-10,13-16,18-19,21H2,1-5H3,(H2,36,37,40)/b24-17+/t25-,26-,27-,28+,29-,33-/m0/s1. The number of rotatable bonds is 9. The maximum atomic E-state index is 13.3. The molecule has 0 radical (unpaired) electrons. The number of nitriles is 1. The molecule has 9 heteroatoms. The SMILES string of the molecule is CC(C)/C=C(\C#N)C(=O)N1CCCC[C@H]1CNC(=O)N[C@@H](CCc1ccccc1)B1O[C@@H]2C[C@@H]3C[C@@H](C3(C)C)[C@]2(C)O1. The molecule has 0 spiro atoms. The number of hydrogen-bond donors (Lipinski definition) is 2. The highest BCUT2D eigenvalue weighted by atomic mass is 16.7. The number of carbonyl (C=O) groups excluding carboxylic acids is 2. The maximum absolute atomic E-state index is 13.3. The first-order valence-corrected chi connectivity index (χ1v) is 15.9. The van der Waals surface area contributed by atoms with Gasteiger partial charge in [-0.05, 0) is 80.6 Å². The van der Waals surface area contributed by atoms with Crippen molar-refractivity contribution >= 4 is 19.1 Å². The number of nitrogens with zero attached hydrogens (tertiary/aromatic N) is 2. The molecule has 5 aliphatic rings. The van der Waals surface area contributed by atoms with Gasteiger partial charge in [0.1, 0.15) is 11.6 Å². The molecule has 42 heavy (non-hydrogen) atoms. The fraction of sp³-hybridized carbons (Fsp3) is 0.667. The predicted octanol–water partition coefficient (Wildman–Crippen LogP) is 5.04. The third-order valence-corrected chi connectivity index (χ3v) is 10.4. The summed E-state index contributed by atoms with van der Waals surface area (Å²) >= 11 is 0. The van der Waals surface area contributed by atoms with Crippen molar-refractivity contribution < 1.29 is 18.9 Å². The minimum Gasteiger partial charge on any atom is -0.404 e. The van der Waals surface area contributed by atoms with Crippen LogP contribution in [-0.4, -0.2) is 60.7 Å². The highest BCUT2D eigenvalue weighted by Crippen LogP contribution is 2.65. The average molecular weight is 575 g/mol. The molecule has 1 aromatic rings. The number of carbonyl (C=O) groups is 2. The molecule has 3 amide bonds. The van der Waals surface area contributed by atoms with Crippen LogP contribution >= 0.6 is 0 Å². The van der Waals surface area contributed by atoms with Gasteiger partial charge >= 0.3 is 13.1 Å². The van der Waals surface area contributed by atoms with E-state index in [4.69, 9.17) is 9.31 Å². The summed E-state index contributed by atoms with van der Waals surface area (Å²) in [5.41, 5.74) is 1.27. The summed E-state index contributed by atoms with van der Waals surface area (Å²) in [6, 6.07) is 11.9. The zero-order chi connectivity index (χ0) is 30.1. The van der Waals surface area contributed by atoms with Crippen molar-refractivity contribution in [3.63, 3.8) is 0 Å². The van der Waals surface area contributed by atoms with Gasteiger partial charge in [0.05, 0.1) is 17.6 Å². The Labute approximate surface area is 251 Å². The van der Waals surface area contributed by atoms with Gasteiger partial charge in [-0.1, -0.05) is 64.1 Å². The van der Waals surface area contributed by atoms with Crippen LogP contribution < -0.4 is 10.6 Å². The quantitative estimate of drug-likeness (QED) is 0.244. The van der Waals surface area contributed by atoms with Crippen LogP contribution in [0.2, 0.25) is 0 Å². The maximum Gasteiger partial charge on any atom is 0.481 e. The largest absolute Gasteiger partial charge is 0.481 e. The summed E-state index contributed by atoms with van der Waals surface area (Å²) in [5, 5.41) is 15.8. The van der Waals surface area contributed by atoms with Crippen LogP contribution in [-0.2, 0) is 20.5 Å². The number of benzene rings is 1. The zero-order valence-corrected chi connectivity index (χ0v) is 25.9. The molecular weight excluding hydrogens is 527 g/mol. The van der Waals surface area contributed by atoms with E-state index >= 15 is 0 Å². The summed E-state index contributed by atoms with van der Waals surface area (Å²) in [6.45, 7) is 11.7. The Bertz CT molecular complexity index is 1210. The van der Waals surface area contributed by atoms with Crippen molar-refractivity contribution in [2.45, 2.75) is 103 Å². The van der Waals surface area contributed by atoms with E-state index in [2.05, 4.69) is 49.6 Å². The second-order valence-electron chi connectivity index (χ2n) is 13.9. The van der Waals surface area contributed by atoms with Gasteiger partial charge in [0.2, 0.25) is 0 Å². The van der Waals surface area contributed by atoms with E-state index in [1.807, 2.05) is 32.0 Å². The molecule has 3 saturated carbocycles. The van der Waals surface area contributed by atoms with Gasteiger partial charge < -0.3 is 24.8 Å². The van der Waals surface area contributed by atoms with E-state index in [0.717, 1.165) is 32.1 Å². The molecule has 5 fully saturated rings. The van der Waals surface area contributed by atoms with Crippen LogP contribution in [0, 0.1) is 34.5 Å². The normalized spacial score (nSPS) is 30.6. The van der Waals surface area contributed by atoms with E-state index in [1.165, 1.54) is 12.0 Å². The molecular formula is C33H47BN4O4. The van der Waals surface area contributed by atoms with E-state index < -0.39 is 7.12 Å². The highest BCUT2D eigenvalue weighted by Gasteiger charge is 2.68. The summed E-state index contributed by atoms with van der Waals surface area (Å²) in [4.78, 5) is 28.3. The van der Waals surface area contributed by atoms with Crippen LogP contribution in [0.5, 0.6) is 0 Å². The van der Waals surface area contributed by atoms with Crippen molar-refractivity contribution in [3.05, 3.63) is 47.5 Å². The lowest BCUT2D eigenvalue weighted by Gasteiger charge is -2.64. The van der Waals surface area contributed by atoms with Gasteiger partial charge in [-0.25, -0.2) is 4.79 Å². The molecule has 2 aliphatic heterocycles. The number of nitrogens with one attached hydrogen (secondary N) is 2. The van der Waals surface area contributed by atoms with Gasteiger partial charge in [-0.15, -0.1) is 0 Å². The van der Waals surface area contributed by atoms with Gasteiger partial charge in [0.15, 0.2) is 0 Å². The summed E-state index contributed by atoms with van der Waals surface area (Å²) in [6.07, 6.45) is 8.07. The van der Waals surface area contributed by atoms with E-state index in [0.29, 0.717) is 31.3 Å². The molecule has 6 rings (SSSR count). The van der Waals surface area contributed by atoms with Crippen LogP contribution in [0.1, 0.15) is 78.7 Å². The third kappa shape index (κ3) is 6.12. The number of urea groups is 1. The minimum atomic E-state index is -0.517. The molecule has 8 nitrogen and oxygen atoms in total. The second-order valence-corrected chi connectivity index (χ2v) is 13.9. The predicted molar refractivity (Wildman–Crippen MR) is 163 cm³/mol. The number of piperidine rings is 1. The summed E-state index contributed by atoms with van der Waals surface area (Å²) < 4.78 is 13.3.